The third kappa shape index (κ3) is 4.76. The molecular weight excluding hydrogens is 352 g/mol. The van der Waals surface area contributed by atoms with E-state index in [1.54, 1.807) is 48.3 Å². The molecule has 6 nitrogen and oxygen atoms in total. The van der Waals surface area contributed by atoms with Gasteiger partial charge in [0.1, 0.15) is 5.75 Å². The second-order valence-corrected chi connectivity index (χ2v) is 7.59. The zero-order valence-electron chi connectivity index (χ0n) is 15.2. The fourth-order valence-corrected chi connectivity index (χ4v) is 3.50. The lowest BCUT2D eigenvalue weighted by atomic mass is 10.1. The number of nitrogens with one attached hydrogen (secondary N) is 1. The monoisotopic (exact) mass is 376 g/mol. The molecule has 26 heavy (non-hydrogen) atoms. The Kier molecular flexibility index (Phi) is 6.63. The number of rotatable bonds is 8. The molecule has 0 unspecified atom stereocenters. The molecule has 0 aliphatic rings. The molecule has 0 aromatic heterocycles. The molecule has 0 aliphatic heterocycles. The molecule has 7 heteroatoms. The Labute approximate surface area is 154 Å². The normalized spacial score (nSPS) is 11.0. The number of ether oxygens (including phenoxy) is 1. The van der Waals surface area contributed by atoms with Crippen LogP contribution in [0.25, 0.3) is 0 Å². The number of para-hydroxylation sites is 1. The van der Waals surface area contributed by atoms with Gasteiger partial charge in [0.2, 0.25) is 0 Å². The van der Waals surface area contributed by atoms with Crippen molar-refractivity contribution in [3.05, 3.63) is 54.1 Å². The second kappa shape index (κ2) is 8.71. The first-order chi connectivity index (χ1) is 12.4. The van der Waals surface area contributed by atoms with Crippen molar-refractivity contribution in [2.75, 3.05) is 25.4 Å². The van der Waals surface area contributed by atoms with Gasteiger partial charge in [0.15, 0.2) is 0 Å². The first kappa shape index (κ1) is 19.8. The van der Waals surface area contributed by atoms with Crippen molar-refractivity contribution >= 4 is 21.6 Å². The van der Waals surface area contributed by atoms with Gasteiger partial charge in [-0.25, -0.2) is 8.42 Å². The fourth-order valence-electron chi connectivity index (χ4n) is 2.42. The van der Waals surface area contributed by atoms with E-state index in [2.05, 4.69) is 11.6 Å². The number of amides is 1. The molecule has 2 aromatic rings. The molecule has 140 valence electrons. The molecule has 0 heterocycles. The molecule has 0 saturated carbocycles. The summed E-state index contributed by atoms with van der Waals surface area (Å²) in [5.74, 6) is 0.351. The lowest BCUT2D eigenvalue weighted by Gasteiger charge is -2.19. The Morgan fingerprint density at radius 1 is 1.12 bits per heavy atom. The van der Waals surface area contributed by atoms with Crippen LogP contribution in [0, 0.1) is 0 Å². The van der Waals surface area contributed by atoms with E-state index >= 15 is 0 Å². The summed E-state index contributed by atoms with van der Waals surface area (Å²) in [6.45, 7) is 2.67. The maximum atomic E-state index is 12.7. The molecule has 0 aliphatic carbocycles. The fraction of sp³-hybridized carbons (Fsp3) is 0.316. The Morgan fingerprint density at radius 3 is 2.38 bits per heavy atom. The Hall–Kier alpha value is -2.54. The lowest BCUT2D eigenvalue weighted by molar-refractivity contribution is 0.0794. The summed E-state index contributed by atoms with van der Waals surface area (Å²) in [4.78, 5) is 14.4. The summed E-state index contributed by atoms with van der Waals surface area (Å²) in [6, 6.07) is 12.7. The topological polar surface area (TPSA) is 75.7 Å². The number of hydrogen-bond donors (Lipinski definition) is 1. The molecule has 2 rings (SSSR count). The number of methoxy groups -OCH3 is 1. The number of carbonyl (C=O) groups excluding carboxylic acids is 1. The predicted octanol–water partition coefficient (Wildman–Crippen LogP) is 3.37. The van der Waals surface area contributed by atoms with Gasteiger partial charge in [0, 0.05) is 13.6 Å². The van der Waals surface area contributed by atoms with Crippen LogP contribution in [-0.4, -0.2) is 39.9 Å². The van der Waals surface area contributed by atoms with Crippen molar-refractivity contribution in [2.45, 2.75) is 24.7 Å². The summed E-state index contributed by atoms with van der Waals surface area (Å²) in [5.41, 5.74) is 0.583. The van der Waals surface area contributed by atoms with Crippen LogP contribution in [0.2, 0.25) is 0 Å². The van der Waals surface area contributed by atoms with E-state index in [0.29, 0.717) is 17.9 Å². The third-order valence-electron chi connectivity index (χ3n) is 3.97. The van der Waals surface area contributed by atoms with Crippen molar-refractivity contribution in [3.8, 4) is 5.75 Å². The van der Waals surface area contributed by atoms with Gasteiger partial charge in [-0.3, -0.25) is 9.52 Å². The maximum absolute atomic E-state index is 12.7. The Morgan fingerprint density at radius 2 is 1.77 bits per heavy atom. The number of carbonyl (C=O) groups is 1. The first-order valence-electron chi connectivity index (χ1n) is 8.40. The summed E-state index contributed by atoms with van der Waals surface area (Å²) < 4.78 is 32.8. The van der Waals surface area contributed by atoms with Crippen LogP contribution in [0.3, 0.4) is 0 Å². The van der Waals surface area contributed by atoms with E-state index in [1.165, 1.54) is 19.2 Å². The van der Waals surface area contributed by atoms with Crippen LogP contribution in [0.1, 0.15) is 30.1 Å². The lowest BCUT2D eigenvalue weighted by Crippen LogP contribution is -2.28. The van der Waals surface area contributed by atoms with Gasteiger partial charge < -0.3 is 9.64 Å². The smallest absolute Gasteiger partial charge is 0.261 e. The molecule has 0 radical (unpaired) electrons. The van der Waals surface area contributed by atoms with Crippen LogP contribution in [-0.2, 0) is 10.0 Å². The SMILES string of the molecule is CCCCN(C)C(=O)c1ccccc1NS(=O)(=O)c1ccc(OC)cc1. The molecule has 0 atom stereocenters. The number of hydrogen-bond acceptors (Lipinski definition) is 4. The van der Waals surface area contributed by atoms with Gasteiger partial charge in [-0.15, -0.1) is 0 Å². The maximum Gasteiger partial charge on any atom is 0.261 e. The van der Waals surface area contributed by atoms with Gasteiger partial charge in [-0.05, 0) is 42.8 Å². The van der Waals surface area contributed by atoms with E-state index in [0.717, 1.165) is 12.8 Å². The summed E-state index contributed by atoms with van der Waals surface area (Å²) >= 11 is 0. The van der Waals surface area contributed by atoms with Gasteiger partial charge in [0.05, 0.1) is 23.3 Å². The van der Waals surface area contributed by atoms with Crippen LogP contribution in [0.15, 0.2) is 53.4 Å². The van der Waals surface area contributed by atoms with Crippen LogP contribution in [0.4, 0.5) is 5.69 Å². The van der Waals surface area contributed by atoms with Crippen molar-refractivity contribution in [1.82, 2.24) is 4.90 Å². The number of nitrogens with zero attached hydrogens (tertiary/aromatic N) is 1. The van der Waals surface area contributed by atoms with Crippen LogP contribution >= 0.6 is 0 Å². The Balaban J connectivity index is 2.27. The van der Waals surface area contributed by atoms with Crippen molar-refractivity contribution in [2.24, 2.45) is 0 Å². The summed E-state index contributed by atoms with van der Waals surface area (Å²) in [6.07, 6.45) is 1.87. The largest absolute Gasteiger partial charge is 0.497 e. The van der Waals surface area contributed by atoms with Crippen LogP contribution < -0.4 is 9.46 Å². The molecular formula is C19H24N2O4S. The van der Waals surface area contributed by atoms with Gasteiger partial charge >= 0.3 is 0 Å². The minimum absolute atomic E-state index is 0.0971. The molecule has 0 spiro atoms. The van der Waals surface area contributed by atoms with E-state index in [9.17, 15) is 13.2 Å². The first-order valence-corrected chi connectivity index (χ1v) is 9.88. The summed E-state index contributed by atoms with van der Waals surface area (Å²) in [7, 11) is -0.586. The van der Waals surface area contributed by atoms with Crippen molar-refractivity contribution in [1.29, 1.82) is 0 Å². The molecule has 0 bridgehead atoms. The number of unbranched alkanes of at least 4 members (excludes halogenated alkanes) is 1. The molecule has 1 N–H and O–H groups in total. The van der Waals surface area contributed by atoms with Crippen molar-refractivity contribution in [3.63, 3.8) is 0 Å². The van der Waals surface area contributed by atoms with E-state index in [-0.39, 0.29) is 16.5 Å². The minimum Gasteiger partial charge on any atom is -0.497 e. The zero-order valence-corrected chi connectivity index (χ0v) is 16.0. The number of sulfonamides is 1. The average Bonchev–Trinajstić information content (AvgIpc) is 2.65. The zero-order chi connectivity index (χ0) is 19.2. The quantitative estimate of drug-likeness (QED) is 0.766. The van der Waals surface area contributed by atoms with Crippen LogP contribution in [0.5, 0.6) is 5.75 Å². The molecule has 1 amide bonds. The highest BCUT2D eigenvalue weighted by Crippen LogP contribution is 2.22. The van der Waals surface area contributed by atoms with Crippen molar-refractivity contribution < 1.29 is 17.9 Å². The molecule has 2 aromatic carbocycles. The predicted molar refractivity (Wildman–Crippen MR) is 102 cm³/mol. The third-order valence-corrected chi connectivity index (χ3v) is 5.35. The Bertz CT molecular complexity index is 848. The van der Waals surface area contributed by atoms with Gasteiger partial charge in [0.25, 0.3) is 15.9 Å². The highest BCUT2D eigenvalue weighted by atomic mass is 32.2. The highest BCUT2D eigenvalue weighted by molar-refractivity contribution is 7.92. The highest BCUT2D eigenvalue weighted by Gasteiger charge is 2.20. The standard InChI is InChI=1S/C19H24N2O4S/c1-4-5-14-21(2)19(22)17-8-6-7-9-18(17)20-26(23,24)16-12-10-15(25-3)11-13-16/h6-13,20H,4-5,14H2,1-3H3. The van der Waals surface area contributed by atoms with E-state index in [4.69, 9.17) is 4.74 Å². The molecule has 0 saturated heterocycles. The second-order valence-electron chi connectivity index (χ2n) is 5.91. The molecule has 0 fully saturated rings. The van der Waals surface area contributed by atoms with Gasteiger partial charge in [-0.1, -0.05) is 25.5 Å². The summed E-state index contributed by atoms with van der Waals surface area (Å²) in [5, 5.41) is 0. The average molecular weight is 376 g/mol. The van der Waals surface area contributed by atoms with E-state index < -0.39 is 10.0 Å². The number of benzene rings is 2. The van der Waals surface area contributed by atoms with Gasteiger partial charge in [-0.2, -0.15) is 0 Å². The van der Waals surface area contributed by atoms with E-state index in [1.807, 2.05) is 0 Å². The minimum atomic E-state index is -3.81. The number of anilines is 1.